The van der Waals surface area contributed by atoms with E-state index >= 15 is 0 Å². The van der Waals surface area contributed by atoms with Crippen molar-refractivity contribution >= 4 is 29.3 Å². The van der Waals surface area contributed by atoms with Crippen LogP contribution >= 0.6 is 11.6 Å². The minimum absolute atomic E-state index is 0.270. The molecule has 0 spiro atoms. The second-order valence-corrected chi connectivity index (χ2v) is 7.11. The van der Waals surface area contributed by atoms with Gasteiger partial charge < -0.3 is 5.32 Å². The largest absolute Gasteiger partial charge is 0.325 e. The molecule has 0 atom stereocenters. The van der Waals surface area contributed by atoms with Gasteiger partial charge in [-0.05, 0) is 23.3 Å². The average molecular weight is 405 g/mol. The van der Waals surface area contributed by atoms with Crippen LogP contribution in [0.15, 0.2) is 84.9 Å². The van der Waals surface area contributed by atoms with Gasteiger partial charge in [-0.3, -0.25) is 14.5 Å². The molecule has 1 aliphatic heterocycles. The summed E-state index contributed by atoms with van der Waals surface area (Å²) in [7, 11) is 0. The zero-order valence-corrected chi connectivity index (χ0v) is 16.1. The molecule has 5 nitrogen and oxygen atoms in total. The van der Waals surface area contributed by atoms with Crippen LogP contribution < -0.4 is 5.32 Å². The second-order valence-electron chi connectivity index (χ2n) is 6.71. The Morgan fingerprint density at radius 1 is 0.828 bits per heavy atom. The van der Waals surface area contributed by atoms with Crippen LogP contribution in [0.5, 0.6) is 0 Å². The summed E-state index contributed by atoms with van der Waals surface area (Å²) in [5.41, 5.74) is 0.126. The molecule has 4 rings (SSSR count). The Morgan fingerprint density at radius 2 is 1.34 bits per heavy atom. The molecule has 1 N–H and O–H groups in total. The van der Waals surface area contributed by atoms with Gasteiger partial charge in [0.15, 0.2) is 11.3 Å². The van der Waals surface area contributed by atoms with Gasteiger partial charge in [0.2, 0.25) is 0 Å². The van der Waals surface area contributed by atoms with Crippen LogP contribution in [0, 0.1) is 0 Å². The van der Waals surface area contributed by atoms with Crippen LogP contribution in [-0.4, -0.2) is 29.2 Å². The molecule has 0 aliphatic carbocycles. The number of ketones is 1. The molecule has 3 amide bonds. The molecule has 0 unspecified atom stereocenters. The Balaban J connectivity index is 1.75. The monoisotopic (exact) mass is 404 g/mol. The molecule has 144 valence electrons. The van der Waals surface area contributed by atoms with Gasteiger partial charge in [-0.25, -0.2) is 4.79 Å². The second kappa shape index (κ2) is 7.53. The number of hydrogen-bond donors (Lipinski definition) is 1. The quantitative estimate of drug-likeness (QED) is 0.516. The van der Waals surface area contributed by atoms with Crippen LogP contribution in [0.1, 0.15) is 21.5 Å². The number of nitrogens with zero attached hydrogens (tertiary/aromatic N) is 1. The molecule has 1 fully saturated rings. The number of benzene rings is 3. The van der Waals surface area contributed by atoms with Crippen molar-refractivity contribution in [3.63, 3.8) is 0 Å². The Morgan fingerprint density at radius 3 is 1.90 bits per heavy atom. The van der Waals surface area contributed by atoms with Gasteiger partial charge in [-0.1, -0.05) is 84.4 Å². The van der Waals surface area contributed by atoms with E-state index in [-0.39, 0.29) is 10.6 Å². The number of carbonyl (C=O) groups excluding carboxylic acids is 3. The lowest BCUT2D eigenvalue weighted by Gasteiger charge is -2.28. The summed E-state index contributed by atoms with van der Waals surface area (Å²) in [5.74, 6) is -0.906. The van der Waals surface area contributed by atoms with Crippen LogP contribution in [0.4, 0.5) is 4.79 Å². The Kier molecular flexibility index (Phi) is 4.91. The molecule has 0 radical (unpaired) electrons. The summed E-state index contributed by atoms with van der Waals surface area (Å²) in [6.45, 7) is -0.393. The van der Waals surface area contributed by atoms with E-state index in [4.69, 9.17) is 11.6 Å². The minimum Gasteiger partial charge on any atom is -0.315 e. The van der Waals surface area contributed by atoms with Crippen LogP contribution in [0.3, 0.4) is 0 Å². The van der Waals surface area contributed by atoms with Crippen molar-refractivity contribution in [3.05, 3.63) is 107 Å². The first-order chi connectivity index (χ1) is 14.0. The lowest BCUT2D eigenvalue weighted by Crippen LogP contribution is -2.45. The van der Waals surface area contributed by atoms with Crippen molar-refractivity contribution in [1.29, 1.82) is 0 Å². The number of halogens is 1. The maximum atomic E-state index is 13.5. The number of Topliss-reactive ketones (excluding diaryl/α,β-unsaturated/α-hetero) is 1. The summed E-state index contributed by atoms with van der Waals surface area (Å²) in [6.07, 6.45) is 0. The van der Waals surface area contributed by atoms with Gasteiger partial charge in [0, 0.05) is 5.56 Å². The molecule has 1 heterocycles. The standard InChI is InChI=1S/C23H17ClN2O3/c24-19-14-8-7-13-18(19)20(27)15-26-21(28)23(25-22(26)29,16-9-3-1-4-10-16)17-11-5-2-6-12-17/h1-14H,15H2,(H,25,29). The highest BCUT2D eigenvalue weighted by molar-refractivity contribution is 6.34. The van der Waals surface area contributed by atoms with Crippen molar-refractivity contribution < 1.29 is 14.4 Å². The summed E-state index contributed by atoms with van der Waals surface area (Å²) >= 11 is 6.10. The molecule has 3 aromatic carbocycles. The zero-order chi connectivity index (χ0) is 20.4. The van der Waals surface area contributed by atoms with E-state index in [0.717, 1.165) is 4.90 Å². The number of rotatable bonds is 5. The third kappa shape index (κ3) is 3.19. The maximum Gasteiger partial charge on any atom is 0.325 e. The molecule has 1 aliphatic rings. The highest BCUT2D eigenvalue weighted by Crippen LogP contribution is 2.36. The third-order valence-electron chi connectivity index (χ3n) is 5.00. The topological polar surface area (TPSA) is 66.5 Å². The Bertz CT molecular complexity index is 1040. The molecule has 0 bridgehead atoms. The predicted octanol–water partition coefficient (Wildman–Crippen LogP) is 4.02. The summed E-state index contributed by atoms with van der Waals surface area (Å²) in [5, 5.41) is 3.10. The van der Waals surface area contributed by atoms with Crippen LogP contribution in [0.2, 0.25) is 5.02 Å². The number of amides is 3. The Labute approximate surface area is 172 Å². The third-order valence-corrected chi connectivity index (χ3v) is 5.32. The van der Waals surface area contributed by atoms with E-state index in [0.29, 0.717) is 11.1 Å². The van der Waals surface area contributed by atoms with Gasteiger partial charge in [0.25, 0.3) is 5.91 Å². The fraction of sp³-hybridized carbons (Fsp3) is 0.0870. The normalized spacial score (nSPS) is 15.3. The lowest BCUT2D eigenvalue weighted by atomic mass is 9.82. The molecular weight excluding hydrogens is 388 g/mol. The molecule has 3 aromatic rings. The van der Waals surface area contributed by atoms with Gasteiger partial charge in [-0.15, -0.1) is 0 Å². The first kappa shape index (κ1) is 18.9. The lowest BCUT2D eigenvalue weighted by molar-refractivity contribution is -0.129. The van der Waals surface area contributed by atoms with Gasteiger partial charge >= 0.3 is 6.03 Å². The molecule has 29 heavy (non-hydrogen) atoms. The SMILES string of the molecule is O=C(CN1C(=O)NC(c2ccccc2)(c2ccccc2)C1=O)c1ccccc1Cl. The number of nitrogens with one attached hydrogen (secondary N) is 1. The van der Waals surface area contributed by atoms with Gasteiger partial charge in [0.05, 0.1) is 11.6 Å². The van der Waals surface area contributed by atoms with Gasteiger partial charge in [0.1, 0.15) is 0 Å². The highest BCUT2D eigenvalue weighted by atomic mass is 35.5. The van der Waals surface area contributed by atoms with Crippen molar-refractivity contribution in [2.75, 3.05) is 6.54 Å². The summed E-state index contributed by atoms with van der Waals surface area (Å²) in [6, 6.07) is 24.0. The molecule has 0 aromatic heterocycles. The van der Waals surface area contributed by atoms with Crippen molar-refractivity contribution in [3.8, 4) is 0 Å². The van der Waals surface area contributed by atoms with Gasteiger partial charge in [-0.2, -0.15) is 0 Å². The fourth-order valence-electron chi connectivity index (χ4n) is 3.57. The molecular formula is C23H17ClN2O3. The van der Waals surface area contributed by atoms with E-state index in [1.165, 1.54) is 0 Å². The molecule has 0 saturated carbocycles. The number of imide groups is 1. The van der Waals surface area contributed by atoms with E-state index in [1.807, 2.05) is 12.1 Å². The first-order valence-electron chi connectivity index (χ1n) is 9.07. The fourth-order valence-corrected chi connectivity index (χ4v) is 3.81. The van der Waals surface area contributed by atoms with E-state index < -0.39 is 29.8 Å². The predicted molar refractivity (Wildman–Crippen MR) is 110 cm³/mol. The van der Waals surface area contributed by atoms with E-state index in [2.05, 4.69) is 5.32 Å². The number of urea groups is 1. The maximum absolute atomic E-state index is 13.5. The van der Waals surface area contributed by atoms with Crippen LogP contribution in [0.25, 0.3) is 0 Å². The minimum atomic E-state index is -1.39. The Hall–Kier alpha value is -3.44. The summed E-state index contributed by atoms with van der Waals surface area (Å²) in [4.78, 5) is 40.0. The summed E-state index contributed by atoms with van der Waals surface area (Å²) < 4.78 is 0. The van der Waals surface area contributed by atoms with Crippen molar-refractivity contribution in [2.24, 2.45) is 0 Å². The molecule has 6 heteroatoms. The smallest absolute Gasteiger partial charge is 0.315 e. The van der Waals surface area contributed by atoms with Crippen molar-refractivity contribution in [1.82, 2.24) is 10.2 Å². The van der Waals surface area contributed by atoms with E-state index in [1.54, 1.807) is 72.8 Å². The average Bonchev–Trinajstić information content (AvgIpc) is 3.01. The number of hydrogen-bond acceptors (Lipinski definition) is 3. The first-order valence-corrected chi connectivity index (χ1v) is 9.45. The zero-order valence-electron chi connectivity index (χ0n) is 15.3. The molecule has 1 saturated heterocycles. The van der Waals surface area contributed by atoms with Crippen molar-refractivity contribution in [2.45, 2.75) is 5.54 Å². The number of carbonyl (C=O) groups is 3. The highest BCUT2D eigenvalue weighted by Gasteiger charge is 2.54. The van der Waals surface area contributed by atoms with Crippen LogP contribution in [-0.2, 0) is 10.3 Å². The van der Waals surface area contributed by atoms with E-state index in [9.17, 15) is 14.4 Å².